The van der Waals surface area contributed by atoms with Gasteiger partial charge in [-0.15, -0.1) is 0 Å². The van der Waals surface area contributed by atoms with Gasteiger partial charge in [0.25, 0.3) is 0 Å². The number of hydrogen-bond acceptors (Lipinski definition) is 6. The molecule has 1 heterocycles. The highest BCUT2D eigenvalue weighted by atomic mass is 16.6. The average molecular weight is 305 g/mol. The Morgan fingerprint density at radius 3 is 2.73 bits per heavy atom. The third-order valence-corrected chi connectivity index (χ3v) is 4.29. The fraction of sp³-hybridized carbons (Fsp3) is 0.500. The molecule has 0 radical (unpaired) electrons. The predicted octanol–water partition coefficient (Wildman–Crippen LogP) is 2.15. The Bertz CT molecular complexity index is 619. The van der Waals surface area contributed by atoms with Gasteiger partial charge in [-0.2, -0.15) is 0 Å². The van der Waals surface area contributed by atoms with E-state index in [1.54, 1.807) is 7.11 Å². The SMILES string of the molecule is CO/N=C1\CC2(CC(C(=O)OC)C2)Oc2cc(OC)ccc21. The Labute approximate surface area is 129 Å². The molecule has 0 aromatic heterocycles. The van der Waals surface area contributed by atoms with E-state index in [1.165, 1.54) is 14.2 Å². The maximum absolute atomic E-state index is 11.6. The van der Waals surface area contributed by atoms with Crippen LogP contribution in [0.4, 0.5) is 0 Å². The minimum Gasteiger partial charge on any atom is -0.497 e. The number of fused-ring (bicyclic) bond motifs is 1. The molecule has 1 aromatic carbocycles. The van der Waals surface area contributed by atoms with Gasteiger partial charge >= 0.3 is 5.97 Å². The molecule has 0 bridgehead atoms. The van der Waals surface area contributed by atoms with E-state index in [4.69, 9.17) is 19.0 Å². The minimum absolute atomic E-state index is 0.110. The highest BCUT2D eigenvalue weighted by Gasteiger charge is 2.53. The van der Waals surface area contributed by atoms with Crippen LogP contribution in [-0.4, -0.2) is 38.6 Å². The molecular weight excluding hydrogens is 286 g/mol. The van der Waals surface area contributed by atoms with Crippen molar-refractivity contribution in [1.82, 2.24) is 0 Å². The van der Waals surface area contributed by atoms with Gasteiger partial charge in [-0.3, -0.25) is 4.79 Å². The molecule has 6 heteroatoms. The Kier molecular flexibility index (Phi) is 3.68. The van der Waals surface area contributed by atoms with E-state index >= 15 is 0 Å². The first-order valence-corrected chi connectivity index (χ1v) is 7.16. The summed E-state index contributed by atoms with van der Waals surface area (Å²) in [5.74, 6) is 1.14. The Morgan fingerprint density at radius 2 is 2.09 bits per heavy atom. The molecule has 118 valence electrons. The molecule has 0 unspecified atom stereocenters. The first-order chi connectivity index (χ1) is 10.6. The van der Waals surface area contributed by atoms with E-state index in [9.17, 15) is 4.79 Å². The molecule has 1 saturated carbocycles. The number of methoxy groups -OCH3 is 2. The van der Waals surface area contributed by atoms with Crippen molar-refractivity contribution in [1.29, 1.82) is 0 Å². The number of rotatable bonds is 3. The topological polar surface area (TPSA) is 66.4 Å². The molecule has 1 fully saturated rings. The number of hydrogen-bond donors (Lipinski definition) is 0. The fourth-order valence-electron chi connectivity index (χ4n) is 3.21. The number of nitrogens with zero attached hydrogens (tertiary/aromatic N) is 1. The standard InChI is InChI=1S/C16H19NO5/c1-19-11-4-5-12-13(17-21-3)9-16(22-14(12)6-11)7-10(8-16)15(18)20-2/h4-6,10H,7-9H2,1-3H3/b17-13+. The second-order valence-electron chi connectivity index (χ2n) is 5.67. The summed E-state index contributed by atoms with van der Waals surface area (Å²) in [7, 11) is 4.55. The quantitative estimate of drug-likeness (QED) is 0.632. The second-order valence-corrected chi connectivity index (χ2v) is 5.67. The molecule has 1 aromatic rings. The van der Waals surface area contributed by atoms with Crippen LogP contribution >= 0.6 is 0 Å². The van der Waals surface area contributed by atoms with Gasteiger partial charge in [-0.1, -0.05) is 5.16 Å². The van der Waals surface area contributed by atoms with Crippen molar-refractivity contribution < 1.29 is 23.8 Å². The summed E-state index contributed by atoms with van der Waals surface area (Å²) < 4.78 is 16.2. The van der Waals surface area contributed by atoms with Gasteiger partial charge in [0, 0.05) is 30.9 Å². The van der Waals surface area contributed by atoms with Gasteiger partial charge in [0.15, 0.2) is 0 Å². The van der Waals surface area contributed by atoms with Crippen molar-refractivity contribution >= 4 is 11.7 Å². The van der Waals surface area contributed by atoms with Crippen molar-refractivity contribution in [2.75, 3.05) is 21.3 Å². The number of benzene rings is 1. The third-order valence-electron chi connectivity index (χ3n) is 4.29. The van der Waals surface area contributed by atoms with E-state index in [2.05, 4.69) is 5.16 Å². The number of ether oxygens (including phenoxy) is 3. The summed E-state index contributed by atoms with van der Waals surface area (Å²) in [5.41, 5.74) is 1.32. The van der Waals surface area contributed by atoms with Crippen LogP contribution in [0.1, 0.15) is 24.8 Å². The van der Waals surface area contributed by atoms with Crippen molar-refractivity contribution in [2.24, 2.45) is 11.1 Å². The van der Waals surface area contributed by atoms with E-state index in [0.29, 0.717) is 25.0 Å². The molecule has 1 aliphatic heterocycles. The molecule has 0 saturated heterocycles. The van der Waals surface area contributed by atoms with Gasteiger partial charge in [0.1, 0.15) is 24.2 Å². The first-order valence-electron chi connectivity index (χ1n) is 7.16. The maximum atomic E-state index is 11.6. The van der Waals surface area contributed by atoms with Crippen LogP contribution in [0.5, 0.6) is 11.5 Å². The summed E-state index contributed by atoms with van der Waals surface area (Å²) in [5, 5.41) is 4.13. The third kappa shape index (κ3) is 2.38. The number of carbonyl (C=O) groups is 1. The van der Waals surface area contributed by atoms with E-state index in [1.807, 2.05) is 18.2 Å². The van der Waals surface area contributed by atoms with Crippen LogP contribution < -0.4 is 9.47 Å². The lowest BCUT2D eigenvalue weighted by Crippen LogP contribution is -2.54. The van der Waals surface area contributed by atoms with Crippen LogP contribution in [0.15, 0.2) is 23.4 Å². The zero-order chi connectivity index (χ0) is 15.7. The second kappa shape index (κ2) is 5.51. The molecule has 0 N–H and O–H groups in total. The molecule has 1 spiro atoms. The summed E-state index contributed by atoms with van der Waals surface area (Å²) in [6.45, 7) is 0. The molecular formula is C16H19NO5. The maximum Gasteiger partial charge on any atom is 0.308 e. The summed E-state index contributed by atoms with van der Waals surface area (Å²) in [6.07, 6.45) is 1.87. The summed E-state index contributed by atoms with van der Waals surface area (Å²) in [4.78, 5) is 16.6. The van der Waals surface area contributed by atoms with Crippen LogP contribution in [0.3, 0.4) is 0 Å². The highest BCUT2D eigenvalue weighted by molar-refractivity contribution is 6.04. The van der Waals surface area contributed by atoms with Gasteiger partial charge < -0.3 is 19.0 Å². The van der Waals surface area contributed by atoms with Crippen LogP contribution in [0, 0.1) is 5.92 Å². The first kappa shape index (κ1) is 14.7. The molecule has 0 atom stereocenters. The van der Waals surface area contributed by atoms with Crippen molar-refractivity contribution in [2.45, 2.75) is 24.9 Å². The van der Waals surface area contributed by atoms with E-state index in [0.717, 1.165) is 17.0 Å². The predicted molar refractivity (Wildman–Crippen MR) is 79.3 cm³/mol. The lowest BCUT2D eigenvalue weighted by Gasteiger charge is -2.48. The molecule has 0 amide bonds. The minimum atomic E-state index is -0.407. The Morgan fingerprint density at radius 1 is 1.32 bits per heavy atom. The Balaban J connectivity index is 1.89. The summed E-state index contributed by atoms with van der Waals surface area (Å²) >= 11 is 0. The van der Waals surface area contributed by atoms with Crippen molar-refractivity contribution in [3.05, 3.63) is 23.8 Å². The van der Waals surface area contributed by atoms with Gasteiger partial charge in [-0.05, 0) is 12.1 Å². The molecule has 6 nitrogen and oxygen atoms in total. The number of oxime groups is 1. The van der Waals surface area contributed by atoms with Crippen molar-refractivity contribution in [3.8, 4) is 11.5 Å². The number of carbonyl (C=O) groups excluding carboxylic acids is 1. The zero-order valence-electron chi connectivity index (χ0n) is 12.9. The largest absolute Gasteiger partial charge is 0.497 e. The zero-order valence-corrected chi connectivity index (χ0v) is 12.9. The van der Waals surface area contributed by atoms with Crippen LogP contribution in [-0.2, 0) is 14.4 Å². The van der Waals surface area contributed by atoms with Gasteiger partial charge in [0.2, 0.25) is 0 Å². The normalized spacial score (nSPS) is 27.6. The van der Waals surface area contributed by atoms with Gasteiger partial charge in [-0.25, -0.2) is 0 Å². The smallest absolute Gasteiger partial charge is 0.308 e. The lowest BCUT2D eigenvalue weighted by atomic mass is 9.66. The van der Waals surface area contributed by atoms with Crippen LogP contribution in [0.25, 0.3) is 0 Å². The monoisotopic (exact) mass is 305 g/mol. The molecule has 2 aliphatic rings. The average Bonchev–Trinajstić information content (AvgIpc) is 2.51. The Hall–Kier alpha value is -2.24. The highest BCUT2D eigenvalue weighted by Crippen LogP contribution is 2.49. The molecule has 22 heavy (non-hydrogen) atoms. The van der Waals surface area contributed by atoms with Gasteiger partial charge in [0.05, 0.1) is 25.8 Å². The van der Waals surface area contributed by atoms with Crippen molar-refractivity contribution in [3.63, 3.8) is 0 Å². The van der Waals surface area contributed by atoms with Crippen LogP contribution in [0.2, 0.25) is 0 Å². The lowest BCUT2D eigenvalue weighted by molar-refractivity contribution is -0.158. The number of esters is 1. The van der Waals surface area contributed by atoms with E-state index in [-0.39, 0.29) is 11.9 Å². The fourth-order valence-corrected chi connectivity index (χ4v) is 3.21. The summed E-state index contributed by atoms with van der Waals surface area (Å²) in [6, 6.07) is 5.62. The van der Waals surface area contributed by atoms with E-state index < -0.39 is 5.60 Å². The molecule has 1 aliphatic carbocycles. The molecule has 3 rings (SSSR count).